The molecule has 0 spiro atoms. The SMILES string of the molecule is Cc1ccc(C(=O)N(C)CC(C)C(=O)O)cc1NC(=O)c1ccco1. The molecule has 1 aromatic carbocycles. The maximum absolute atomic E-state index is 12.5. The molecule has 0 bridgehead atoms. The van der Waals surface area contributed by atoms with Crippen molar-refractivity contribution in [3.63, 3.8) is 0 Å². The summed E-state index contributed by atoms with van der Waals surface area (Å²) in [7, 11) is 1.54. The van der Waals surface area contributed by atoms with Crippen molar-refractivity contribution in [3.05, 3.63) is 53.5 Å². The summed E-state index contributed by atoms with van der Waals surface area (Å²) in [5, 5.41) is 11.7. The number of carbonyl (C=O) groups excluding carboxylic acids is 2. The number of hydrogen-bond donors (Lipinski definition) is 2. The second-order valence-corrected chi connectivity index (χ2v) is 5.89. The average Bonchev–Trinajstić information content (AvgIpc) is 3.10. The third-order valence-corrected chi connectivity index (χ3v) is 3.79. The standard InChI is InChI=1S/C18H20N2O5/c1-11-6-7-13(17(22)20(3)10-12(2)18(23)24)9-14(11)19-16(21)15-5-4-8-25-15/h4-9,12H,10H2,1-3H3,(H,19,21)(H,23,24). The number of carboxylic acid groups (broad SMARTS) is 1. The summed E-state index contributed by atoms with van der Waals surface area (Å²) in [6, 6.07) is 8.09. The number of nitrogens with one attached hydrogen (secondary N) is 1. The van der Waals surface area contributed by atoms with Gasteiger partial charge >= 0.3 is 5.97 Å². The largest absolute Gasteiger partial charge is 0.481 e. The fraction of sp³-hybridized carbons (Fsp3) is 0.278. The lowest BCUT2D eigenvalue weighted by molar-refractivity contribution is -0.141. The molecule has 1 unspecified atom stereocenters. The highest BCUT2D eigenvalue weighted by Crippen LogP contribution is 2.19. The first-order valence-electron chi connectivity index (χ1n) is 7.73. The van der Waals surface area contributed by atoms with Crippen LogP contribution in [0, 0.1) is 12.8 Å². The maximum atomic E-state index is 12.5. The van der Waals surface area contributed by atoms with Crippen molar-refractivity contribution in [2.75, 3.05) is 18.9 Å². The van der Waals surface area contributed by atoms with Crippen molar-refractivity contribution in [2.45, 2.75) is 13.8 Å². The Hall–Kier alpha value is -3.09. The molecule has 2 amide bonds. The zero-order chi connectivity index (χ0) is 18.6. The van der Waals surface area contributed by atoms with E-state index in [1.165, 1.54) is 18.1 Å². The molecule has 0 aliphatic heterocycles. The molecule has 1 aromatic heterocycles. The number of aliphatic carboxylic acids is 1. The van der Waals surface area contributed by atoms with Gasteiger partial charge in [-0.1, -0.05) is 13.0 Å². The summed E-state index contributed by atoms with van der Waals surface area (Å²) in [4.78, 5) is 36.9. The Morgan fingerprint density at radius 2 is 2.00 bits per heavy atom. The Morgan fingerprint density at radius 1 is 1.28 bits per heavy atom. The highest BCUT2D eigenvalue weighted by Gasteiger charge is 2.19. The number of furan rings is 1. The number of benzene rings is 1. The second-order valence-electron chi connectivity index (χ2n) is 5.89. The van der Waals surface area contributed by atoms with Crippen molar-refractivity contribution < 1.29 is 23.9 Å². The third kappa shape index (κ3) is 4.47. The summed E-state index contributed by atoms with van der Waals surface area (Å²) < 4.78 is 5.05. The summed E-state index contributed by atoms with van der Waals surface area (Å²) in [6.45, 7) is 3.44. The first-order chi connectivity index (χ1) is 11.8. The highest BCUT2D eigenvalue weighted by atomic mass is 16.4. The Labute approximate surface area is 145 Å². The minimum absolute atomic E-state index is 0.0934. The zero-order valence-electron chi connectivity index (χ0n) is 14.3. The van der Waals surface area contributed by atoms with Crippen LogP contribution in [0.2, 0.25) is 0 Å². The third-order valence-electron chi connectivity index (χ3n) is 3.79. The van der Waals surface area contributed by atoms with Crippen LogP contribution in [0.1, 0.15) is 33.4 Å². The molecule has 2 N–H and O–H groups in total. The summed E-state index contributed by atoms with van der Waals surface area (Å²) >= 11 is 0. The van der Waals surface area contributed by atoms with Crippen molar-refractivity contribution in [1.29, 1.82) is 0 Å². The minimum atomic E-state index is -0.963. The van der Waals surface area contributed by atoms with Crippen LogP contribution >= 0.6 is 0 Å². The van der Waals surface area contributed by atoms with Gasteiger partial charge in [-0.05, 0) is 36.8 Å². The normalized spacial score (nSPS) is 11.6. The molecule has 2 rings (SSSR count). The minimum Gasteiger partial charge on any atom is -0.481 e. The van der Waals surface area contributed by atoms with E-state index in [4.69, 9.17) is 9.52 Å². The van der Waals surface area contributed by atoms with E-state index in [9.17, 15) is 14.4 Å². The Bertz CT molecular complexity index is 783. The van der Waals surface area contributed by atoms with Crippen molar-refractivity contribution in [2.24, 2.45) is 5.92 Å². The molecule has 2 aromatic rings. The fourth-order valence-corrected chi connectivity index (χ4v) is 2.27. The molecule has 0 saturated heterocycles. The van der Waals surface area contributed by atoms with Crippen LogP contribution in [0.3, 0.4) is 0 Å². The van der Waals surface area contributed by atoms with Gasteiger partial charge in [0.05, 0.1) is 12.2 Å². The lowest BCUT2D eigenvalue weighted by Crippen LogP contribution is -2.33. The Morgan fingerprint density at radius 3 is 2.60 bits per heavy atom. The van der Waals surface area contributed by atoms with Crippen molar-refractivity contribution in [1.82, 2.24) is 4.90 Å². The average molecular weight is 344 g/mol. The van der Waals surface area contributed by atoms with E-state index >= 15 is 0 Å². The van der Waals surface area contributed by atoms with Gasteiger partial charge in [-0.3, -0.25) is 14.4 Å². The number of anilines is 1. The Kier molecular flexibility index (Phi) is 5.59. The van der Waals surface area contributed by atoms with E-state index in [1.54, 1.807) is 37.4 Å². The number of carboxylic acids is 1. The van der Waals surface area contributed by atoms with E-state index in [-0.39, 0.29) is 18.2 Å². The van der Waals surface area contributed by atoms with Crippen LogP contribution in [0.5, 0.6) is 0 Å². The van der Waals surface area contributed by atoms with Crippen LogP contribution in [0.4, 0.5) is 5.69 Å². The predicted octanol–water partition coefficient (Wildman–Crippen LogP) is 2.63. The lowest BCUT2D eigenvalue weighted by atomic mass is 10.1. The van der Waals surface area contributed by atoms with Gasteiger partial charge in [0.15, 0.2) is 5.76 Å². The molecular formula is C18H20N2O5. The van der Waals surface area contributed by atoms with Gasteiger partial charge in [-0.15, -0.1) is 0 Å². The van der Waals surface area contributed by atoms with Gasteiger partial charge in [-0.25, -0.2) is 0 Å². The quantitative estimate of drug-likeness (QED) is 0.839. The molecule has 0 aliphatic rings. The number of aryl methyl sites for hydroxylation is 1. The molecule has 1 heterocycles. The Balaban J connectivity index is 2.16. The van der Waals surface area contributed by atoms with Gasteiger partial charge in [0.25, 0.3) is 11.8 Å². The zero-order valence-corrected chi connectivity index (χ0v) is 14.3. The number of nitrogens with zero attached hydrogens (tertiary/aromatic N) is 1. The topological polar surface area (TPSA) is 99.9 Å². The maximum Gasteiger partial charge on any atom is 0.308 e. The smallest absolute Gasteiger partial charge is 0.308 e. The molecule has 0 saturated carbocycles. The first-order valence-corrected chi connectivity index (χ1v) is 7.73. The molecule has 7 nitrogen and oxygen atoms in total. The predicted molar refractivity (Wildman–Crippen MR) is 91.6 cm³/mol. The fourth-order valence-electron chi connectivity index (χ4n) is 2.27. The van der Waals surface area contributed by atoms with E-state index in [0.717, 1.165) is 5.56 Å². The number of carbonyl (C=O) groups is 3. The molecular weight excluding hydrogens is 324 g/mol. The van der Waals surface area contributed by atoms with Crippen LogP contribution in [-0.2, 0) is 4.79 Å². The monoisotopic (exact) mass is 344 g/mol. The molecule has 0 aliphatic carbocycles. The second kappa shape index (κ2) is 7.65. The van der Waals surface area contributed by atoms with Gasteiger partial charge in [0.2, 0.25) is 0 Å². The summed E-state index contributed by atoms with van der Waals surface area (Å²) in [5.41, 5.74) is 1.64. The van der Waals surface area contributed by atoms with Crippen LogP contribution in [0.25, 0.3) is 0 Å². The first kappa shape index (κ1) is 18.3. The number of amides is 2. The van der Waals surface area contributed by atoms with Gasteiger partial charge in [0, 0.05) is 24.8 Å². The van der Waals surface area contributed by atoms with Crippen LogP contribution in [0.15, 0.2) is 41.0 Å². The molecule has 7 heteroatoms. The number of rotatable bonds is 6. The van der Waals surface area contributed by atoms with E-state index in [1.807, 2.05) is 6.92 Å². The van der Waals surface area contributed by atoms with E-state index < -0.39 is 17.8 Å². The molecule has 132 valence electrons. The van der Waals surface area contributed by atoms with E-state index in [2.05, 4.69) is 5.32 Å². The summed E-state index contributed by atoms with van der Waals surface area (Å²) in [5.74, 6) is -2.19. The lowest BCUT2D eigenvalue weighted by Gasteiger charge is -2.20. The molecule has 0 fully saturated rings. The highest BCUT2D eigenvalue weighted by molar-refractivity contribution is 6.03. The molecule has 25 heavy (non-hydrogen) atoms. The molecule has 1 atom stereocenters. The van der Waals surface area contributed by atoms with Gasteiger partial charge in [0.1, 0.15) is 0 Å². The number of hydrogen-bond acceptors (Lipinski definition) is 4. The van der Waals surface area contributed by atoms with Gasteiger partial charge < -0.3 is 19.7 Å². The van der Waals surface area contributed by atoms with E-state index in [0.29, 0.717) is 11.3 Å². The molecule has 0 radical (unpaired) electrons. The summed E-state index contributed by atoms with van der Waals surface area (Å²) in [6.07, 6.45) is 1.40. The van der Waals surface area contributed by atoms with Crippen molar-refractivity contribution in [3.8, 4) is 0 Å². The van der Waals surface area contributed by atoms with Crippen molar-refractivity contribution >= 4 is 23.5 Å². The van der Waals surface area contributed by atoms with Gasteiger partial charge in [-0.2, -0.15) is 0 Å². The van der Waals surface area contributed by atoms with Crippen LogP contribution < -0.4 is 5.32 Å². The van der Waals surface area contributed by atoms with Crippen LogP contribution in [-0.4, -0.2) is 41.4 Å².